The lowest BCUT2D eigenvalue weighted by molar-refractivity contribution is -0.330. The Hall–Kier alpha value is -5.97. The highest BCUT2D eigenvalue weighted by atomic mass is 16.7. The van der Waals surface area contributed by atoms with Gasteiger partial charge < -0.3 is 57.6 Å². The van der Waals surface area contributed by atoms with Crippen LogP contribution in [0.15, 0.2) is 170 Å². The number of hydrogen-bond donors (Lipinski definition) is 1. The third-order valence-corrected chi connectivity index (χ3v) is 20.7. The van der Waals surface area contributed by atoms with Gasteiger partial charge in [0.1, 0.15) is 42.0 Å². The molecule has 8 atom stereocenters. The van der Waals surface area contributed by atoms with Gasteiger partial charge in [-0.3, -0.25) is 4.79 Å². The smallest absolute Gasteiger partial charge is 0.220 e. The molecule has 0 saturated carbocycles. The molecule has 13 heteroatoms. The molecule has 106 heavy (non-hydrogen) atoms. The van der Waals surface area contributed by atoms with Gasteiger partial charge in [-0.25, -0.2) is 0 Å². The zero-order valence-corrected chi connectivity index (χ0v) is 66.1. The number of hydrogen-bond acceptors (Lipinski definition) is 12. The highest BCUT2D eigenvalue weighted by Crippen LogP contribution is 2.33. The highest BCUT2D eigenvalue weighted by molar-refractivity contribution is 5.76. The van der Waals surface area contributed by atoms with Crippen molar-refractivity contribution in [2.45, 2.75) is 315 Å². The average molecular weight is 1460 g/mol. The van der Waals surface area contributed by atoms with Crippen LogP contribution in [0.4, 0.5) is 0 Å². The number of benzene rings is 6. The van der Waals surface area contributed by atoms with E-state index in [1.165, 1.54) is 174 Å². The van der Waals surface area contributed by atoms with Crippen molar-refractivity contribution < 1.29 is 52.2 Å². The molecule has 0 aromatic heterocycles. The van der Waals surface area contributed by atoms with Crippen LogP contribution in [0, 0.1) is 0 Å². The number of rotatable bonds is 63. The van der Waals surface area contributed by atoms with E-state index in [2.05, 4.69) is 91.7 Å². The van der Waals surface area contributed by atoms with E-state index in [0.29, 0.717) is 32.7 Å². The Morgan fingerprint density at radius 3 is 1.19 bits per heavy atom. The summed E-state index contributed by atoms with van der Waals surface area (Å²) in [6, 6.07) is 56.1. The maximum atomic E-state index is 15.1. The summed E-state index contributed by atoms with van der Waals surface area (Å²) in [5.74, 6) is 1.48. The number of nitrogens with one attached hydrogen (secondary N) is 1. The summed E-state index contributed by atoms with van der Waals surface area (Å²) in [5, 5.41) is 3.58. The molecule has 1 N–H and O–H groups in total. The SMILES string of the molecule is CCCCCCCCCCCCCC[C@@H](OCc1ccc(OC)cc1)[C@@H](OCc1ccc(OC)cc1)[C@H](CO[C@H]1O[C@H](COCc2ccccc2)[C@H](OCc2ccccc2)[C@H](OCc2ccccc2)[C@H]1OCc1ccccc1)NC(=O)CCCCCCCCCCN(CCCCCCC)CCCCCCC. The molecule has 6 aromatic carbocycles. The molecule has 0 aliphatic carbocycles. The van der Waals surface area contributed by atoms with Crippen LogP contribution in [0.5, 0.6) is 11.5 Å². The van der Waals surface area contributed by atoms with Gasteiger partial charge in [0, 0.05) is 6.42 Å². The lowest BCUT2D eigenvalue weighted by Crippen LogP contribution is -2.62. The summed E-state index contributed by atoms with van der Waals surface area (Å²) in [4.78, 5) is 17.9. The van der Waals surface area contributed by atoms with Crippen LogP contribution in [0.2, 0.25) is 0 Å². The van der Waals surface area contributed by atoms with Gasteiger partial charge in [-0.1, -0.05) is 333 Å². The zero-order valence-electron chi connectivity index (χ0n) is 66.1. The summed E-state index contributed by atoms with van der Waals surface area (Å²) >= 11 is 0. The summed E-state index contributed by atoms with van der Waals surface area (Å²) < 4.78 is 68.6. The standard InChI is InChI=1S/C93H138N2O11/c1-6-9-12-15-16-17-18-19-20-23-26-43-56-86(100-70-81-58-62-83(97-4)63-59-81)89(101-74-82-60-64-84(98-5)65-61-82)85(94-88(96)57-44-27-24-21-22-25-30-47-68-95(66-45-28-13-10-7-2)67-46-29-14-11-8-3)75-105-93-92(104-73-80-54-41-34-42-55-80)91(103-72-79-52-39-33-40-53-79)90(102-71-78-50-37-32-38-51-78)87(106-93)76-99-69-77-48-35-31-36-49-77/h31-42,48-55,58-65,85-87,89-93H,6-30,43-47,56-57,66-76H2,1-5H3,(H,94,96)/t85-,86+,87+,89-,90-,91-,92+,93-/m0/s1. The van der Waals surface area contributed by atoms with Crippen molar-refractivity contribution in [2.75, 3.05) is 47.1 Å². The van der Waals surface area contributed by atoms with Crippen LogP contribution in [0.3, 0.4) is 0 Å². The number of carbonyl (C=O) groups excluding carboxylic acids is 1. The van der Waals surface area contributed by atoms with Crippen molar-refractivity contribution in [3.05, 3.63) is 203 Å². The molecule has 1 heterocycles. The summed E-state index contributed by atoms with van der Waals surface area (Å²) in [7, 11) is 3.37. The first-order chi connectivity index (χ1) is 52.4. The monoisotopic (exact) mass is 1460 g/mol. The highest BCUT2D eigenvalue weighted by Gasteiger charge is 2.50. The Morgan fingerprint density at radius 1 is 0.387 bits per heavy atom. The Kier molecular flexibility index (Phi) is 46.3. The van der Waals surface area contributed by atoms with Crippen molar-refractivity contribution in [3.8, 4) is 11.5 Å². The molecule has 0 radical (unpaired) electrons. The second-order valence-corrected chi connectivity index (χ2v) is 29.6. The van der Waals surface area contributed by atoms with Crippen molar-refractivity contribution in [1.29, 1.82) is 0 Å². The summed E-state index contributed by atoms with van der Waals surface area (Å²) in [6.07, 6.45) is 33.1. The number of methoxy groups -OCH3 is 2. The Morgan fingerprint density at radius 2 is 0.755 bits per heavy atom. The minimum atomic E-state index is -1.04. The average Bonchev–Trinajstić information content (AvgIpc) is 0.786. The van der Waals surface area contributed by atoms with E-state index in [9.17, 15) is 0 Å². The molecule has 0 unspecified atom stereocenters. The first-order valence-electron chi connectivity index (χ1n) is 41.7. The topological polar surface area (TPSA) is 125 Å². The van der Waals surface area contributed by atoms with Gasteiger partial charge >= 0.3 is 0 Å². The molecule has 1 amide bonds. The maximum absolute atomic E-state index is 15.1. The van der Waals surface area contributed by atoms with E-state index in [0.717, 1.165) is 83.4 Å². The van der Waals surface area contributed by atoms with Crippen molar-refractivity contribution in [1.82, 2.24) is 10.2 Å². The van der Waals surface area contributed by atoms with E-state index >= 15 is 4.79 Å². The molecule has 1 aliphatic heterocycles. The largest absolute Gasteiger partial charge is 0.497 e. The van der Waals surface area contributed by atoms with Crippen LogP contribution in [0.25, 0.3) is 0 Å². The van der Waals surface area contributed by atoms with E-state index in [1.54, 1.807) is 14.2 Å². The minimum Gasteiger partial charge on any atom is -0.497 e. The first kappa shape index (κ1) is 87.3. The van der Waals surface area contributed by atoms with Gasteiger partial charge in [-0.2, -0.15) is 0 Å². The normalized spacial score (nSPS) is 16.8. The van der Waals surface area contributed by atoms with Gasteiger partial charge in [-0.15, -0.1) is 0 Å². The van der Waals surface area contributed by atoms with Crippen LogP contribution < -0.4 is 14.8 Å². The fourth-order valence-electron chi connectivity index (χ4n) is 14.3. The molecular formula is C93H138N2O11. The minimum absolute atomic E-state index is 0.00998. The number of nitrogens with zero attached hydrogens (tertiary/aromatic N) is 1. The van der Waals surface area contributed by atoms with Gasteiger partial charge in [0.05, 0.1) is 79.2 Å². The maximum Gasteiger partial charge on any atom is 0.220 e. The number of amides is 1. The molecule has 6 aromatic rings. The third kappa shape index (κ3) is 36.5. The predicted molar refractivity (Wildman–Crippen MR) is 432 cm³/mol. The van der Waals surface area contributed by atoms with E-state index in [4.69, 9.17) is 47.4 Å². The summed E-state index contributed by atoms with van der Waals surface area (Å²) in [5.41, 5.74) is 5.99. The van der Waals surface area contributed by atoms with Gasteiger partial charge in [0.25, 0.3) is 0 Å². The van der Waals surface area contributed by atoms with Gasteiger partial charge in [0.15, 0.2) is 6.29 Å². The van der Waals surface area contributed by atoms with E-state index in [-0.39, 0.29) is 38.9 Å². The summed E-state index contributed by atoms with van der Waals surface area (Å²) in [6.45, 7) is 12.5. The van der Waals surface area contributed by atoms with Crippen LogP contribution >= 0.6 is 0 Å². The van der Waals surface area contributed by atoms with Crippen molar-refractivity contribution in [2.24, 2.45) is 0 Å². The molecular weight excluding hydrogens is 1320 g/mol. The molecule has 1 saturated heterocycles. The Bertz CT molecular complexity index is 3020. The first-order valence-corrected chi connectivity index (χ1v) is 41.7. The molecule has 7 rings (SSSR count). The Labute approximate surface area is 641 Å². The lowest BCUT2D eigenvalue weighted by atomic mass is 9.97. The molecule has 0 bridgehead atoms. The predicted octanol–water partition coefficient (Wildman–Crippen LogP) is 22.2. The molecule has 586 valence electrons. The fourth-order valence-corrected chi connectivity index (χ4v) is 14.3. The zero-order chi connectivity index (χ0) is 74.4. The number of unbranched alkanes of at least 4 members (excludes halogenated alkanes) is 26. The van der Waals surface area contributed by atoms with Crippen molar-refractivity contribution in [3.63, 3.8) is 0 Å². The number of ether oxygens (including phenoxy) is 10. The Balaban J connectivity index is 1.17. The molecule has 13 nitrogen and oxygen atoms in total. The second-order valence-electron chi connectivity index (χ2n) is 29.6. The molecule has 1 fully saturated rings. The van der Waals surface area contributed by atoms with Crippen molar-refractivity contribution >= 4 is 5.91 Å². The van der Waals surface area contributed by atoms with Crippen LogP contribution in [-0.2, 0) is 82.3 Å². The molecule has 0 spiro atoms. The van der Waals surface area contributed by atoms with Crippen LogP contribution in [-0.4, -0.2) is 107 Å². The quantitative estimate of drug-likeness (QED) is 0.0366. The van der Waals surface area contributed by atoms with E-state index in [1.807, 2.05) is 109 Å². The molecule has 1 aliphatic rings. The van der Waals surface area contributed by atoms with Gasteiger partial charge in [0.2, 0.25) is 5.91 Å². The third-order valence-electron chi connectivity index (χ3n) is 20.7. The second kappa shape index (κ2) is 56.3. The van der Waals surface area contributed by atoms with Gasteiger partial charge in [-0.05, 0) is 109 Å². The number of carbonyl (C=O) groups is 1. The fraction of sp³-hybridized carbons (Fsp3) is 0.602. The lowest BCUT2D eigenvalue weighted by Gasteiger charge is -2.46. The van der Waals surface area contributed by atoms with Crippen LogP contribution in [0.1, 0.15) is 260 Å². The van der Waals surface area contributed by atoms with E-state index < -0.39 is 49.0 Å².